The molecule has 0 aliphatic carbocycles. The first-order valence-corrected chi connectivity index (χ1v) is 6.75. The van der Waals surface area contributed by atoms with Gasteiger partial charge in [0.1, 0.15) is 0 Å². The molecule has 18 heavy (non-hydrogen) atoms. The molecule has 0 saturated carbocycles. The number of esters is 1. The SMILES string of the molecule is CCOC(=O)CCNCCCCCNCCC#N. The number of ether oxygens (including phenoxy) is 1. The first-order valence-electron chi connectivity index (χ1n) is 6.75. The predicted octanol–water partition coefficient (Wildman–Crippen LogP) is 1.20. The third-order valence-electron chi connectivity index (χ3n) is 2.43. The van der Waals surface area contributed by atoms with Crippen LogP contribution in [-0.4, -0.2) is 38.8 Å². The number of rotatable bonds is 12. The maximum absolute atomic E-state index is 11.0. The quantitative estimate of drug-likeness (QED) is 0.405. The Kier molecular flexibility index (Phi) is 13.1. The molecule has 0 aromatic rings. The number of hydrogen-bond donors (Lipinski definition) is 2. The maximum Gasteiger partial charge on any atom is 0.307 e. The summed E-state index contributed by atoms with van der Waals surface area (Å²) in [6, 6.07) is 2.10. The van der Waals surface area contributed by atoms with Crippen LogP contribution in [0.1, 0.15) is 39.0 Å². The zero-order valence-electron chi connectivity index (χ0n) is 11.3. The summed E-state index contributed by atoms with van der Waals surface area (Å²) in [5.41, 5.74) is 0. The van der Waals surface area contributed by atoms with Crippen LogP contribution in [0.5, 0.6) is 0 Å². The van der Waals surface area contributed by atoms with Gasteiger partial charge in [0.25, 0.3) is 0 Å². The summed E-state index contributed by atoms with van der Waals surface area (Å²) in [5, 5.41) is 14.8. The van der Waals surface area contributed by atoms with Crippen LogP contribution < -0.4 is 10.6 Å². The molecular formula is C13H25N3O2. The molecule has 0 saturated heterocycles. The Hall–Kier alpha value is -1.12. The molecule has 104 valence electrons. The van der Waals surface area contributed by atoms with Crippen LogP contribution in [0.4, 0.5) is 0 Å². The van der Waals surface area contributed by atoms with Gasteiger partial charge in [-0.2, -0.15) is 5.26 Å². The maximum atomic E-state index is 11.0. The molecule has 0 bridgehead atoms. The van der Waals surface area contributed by atoms with E-state index in [0.29, 0.717) is 26.0 Å². The van der Waals surface area contributed by atoms with E-state index in [1.54, 1.807) is 0 Å². The smallest absolute Gasteiger partial charge is 0.307 e. The first-order chi connectivity index (χ1) is 8.81. The minimum Gasteiger partial charge on any atom is -0.466 e. The van der Waals surface area contributed by atoms with Gasteiger partial charge in [0.05, 0.1) is 19.1 Å². The summed E-state index contributed by atoms with van der Waals surface area (Å²) < 4.78 is 4.82. The van der Waals surface area contributed by atoms with E-state index in [9.17, 15) is 4.79 Å². The van der Waals surface area contributed by atoms with Gasteiger partial charge >= 0.3 is 5.97 Å². The van der Waals surface area contributed by atoms with Crippen LogP contribution in [0, 0.1) is 11.3 Å². The van der Waals surface area contributed by atoms with Crippen molar-refractivity contribution in [3.05, 3.63) is 0 Å². The molecule has 0 radical (unpaired) electrons. The fourth-order valence-corrected chi connectivity index (χ4v) is 1.49. The van der Waals surface area contributed by atoms with Gasteiger partial charge in [-0.25, -0.2) is 0 Å². The van der Waals surface area contributed by atoms with E-state index in [2.05, 4.69) is 16.7 Å². The lowest BCUT2D eigenvalue weighted by Crippen LogP contribution is -2.21. The second-order valence-electron chi connectivity index (χ2n) is 4.02. The van der Waals surface area contributed by atoms with Gasteiger partial charge in [0.2, 0.25) is 0 Å². The van der Waals surface area contributed by atoms with Crippen LogP contribution >= 0.6 is 0 Å². The van der Waals surface area contributed by atoms with Crippen LogP contribution in [0.3, 0.4) is 0 Å². The lowest BCUT2D eigenvalue weighted by atomic mass is 10.2. The molecule has 0 spiro atoms. The topological polar surface area (TPSA) is 74.2 Å². The van der Waals surface area contributed by atoms with Crippen molar-refractivity contribution in [3.63, 3.8) is 0 Å². The van der Waals surface area contributed by atoms with Gasteiger partial charge in [-0.1, -0.05) is 6.42 Å². The average molecular weight is 255 g/mol. The fraction of sp³-hybridized carbons (Fsp3) is 0.846. The molecule has 0 rings (SSSR count). The molecule has 0 aromatic carbocycles. The molecule has 0 unspecified atom stereocenters. The second kappa shape index (κ2) is 13.9. The summed E-state index contributed by atoms with van der Waals surface area (Å²) in [7, 11) is 0. The van der Waals surface area contributed by atoms with E-state index in [1.807, 2.05) is 6.92 Å². The number of unbranched alkanes of at least 4 members (excludes halogenated alkanes) is 2. The first kappa shape index (κ1) is 16.9. The Balaban J connectivity index is 3.03. The van der Waals surface area contributed by atoms with E-state index in [-0.39, 0.29) is 5.97 Å². The van der Waals surface area contributed by atoms with Gasteiger partial charge in [-0.05, 0) is 32.9 Å². The number of carbonyl (C=O) groups excluding carboxylic acids is 1. The molecule has 0 aromatic heterocycles. The largest absolute Gasteiger partial charge is 0.466 e. The Morgan fingerprint density at radius 1 is 1.11 bits per heavy atom. The minimum absolute atomic E-state index is 0.133. The Labute approximate surface area is 110 Å². The summed E-state index contributed by atoms with van der Waals surface area (Å²) in [6.07, 6.45) is 4.43. The monoisotopic (exact) mass is 255 g/mol. The predicted molar refractivity (Wildman–Crippen MR) is 71.1 cm³/mol. The van der Waals surface area contributed by atoms with E-state index >= 15 is 0 Å². The Bertz CT molecular complexity index is 239. The number of nitrogens with one attached hydrogen (secondary N) is 2. The molecular weight excluding hydrogens is 230 g/mol. The van der Waals surface area contributed by atoms with E-state index in [1.165, 1.54) is 0 Å². The van der Waals surface area contributed by atoms with Gasteiger partial charge in [-0.3, -0.25) is 4.79 Å². The highest BCUT2D eigenvalue weighted by molar-refractivity contribution is 5.69. The van der Waals surface area contributed by atoms with Crippen molar-refractivity contribution in [2.24, 2.45) is 0 Å². The van der Waals surface area contributed by atoms with Crippen LogP contribution in [0.15, 0.2) is 0 Å². The number of nitrogens with zero attached hydrogens (tertiary/aromatic N) is 1. The number of hydrogen-bond acceptors (Lipinski definition) is 5. The second-order valence-corrected chi connectivity index (χ2v) is 4.02. The molecule has 2 N–H and O–H groups in total. The van der Waals surface area contributed by atoms with Crippen molar-refractivity contribution in [2.75, 3.05) is 32.8 Å². The van der Waals surface area contributed by atoms with E-state index < -0.39 is 0 Å². The summed E-state index contributed by atoms with van der Waals surface area (Å²) in [5.74, 6) is -0.133. The standard InChI is InChI=1S/C13H25N3O2/c1-2-18-13(17)7-12-16-10-5-3-4-9-15-11-6-8-14/h15-16H,2-7,9-12H2,1H3. The van der Waals surface area contributed by atoms with Crippen molar-refractivity contribution in [3.8, 4) is 6.07 Å². The normalized spacial score (nSPS) is 10.0. The lowest BCUT2D eigenvalue weighted by molar-refractivity contribution is -0.142. The van der Waals surface area contributed by atoms with Crippen molar-refractivity contribution in [2.45, 2.75) is 39.0 Å². The molecule has 0 amide bonds. The summed E-state index contributed by atoms with van der Waals surface area (Å²) in [6.45, 7) is 5.67. The zero-order chi connectivity index (χ0) is 13.5. The van der Waals surface area contributed by atoms with Gasteiger partial charge < -0.3 is 15.4 Å². The lowest BCUT2D eigenvalue weighted by Gasteiger charge is -2.05. The molecule has 0 aliphatic heterocycles. The average Bonchev–Trinajstić information content (AvgIpc) is 2.36. The molecule has 0 aliphatic rings. The van der Waals surface area contributed by atoms with Gasteiger partial charge in [0.15, 0.2) is 0 Å². The van der Waals surface area contributed by atoms with Crippen molar-refractivity contribution >= 4 is 5.97 Å². The Morgan fingerprint density at radius 2 is 1.78 bits per heavy atom. The number of carbonyl (C=O) groups is 1. The highest BCUT2D eigenvalue weighted by Crippen LogP contribution is 1.93. The van der Waals surface area contributed by atoms with Crippen LogP contribution in [0.25, 0.3) is 0 Å². The third-order valence-corrected chi connectivity index (χ3v) is 2.43. The minimum atomic E-state index is -0.133. The zero-order valence-corrected chi connectivity index (χ0v) is 11.3. The summed E-state index contributed by atoms with van der Waals surface area (Å²) in [4.78, 5) is 11.0. The van der Waals surface area contributed by atoms with E-state index in [4.69, 9.17) is 10.00 Å². The van der Waals surface area contributed by atoms with Crippen molar-refractivity contribution in [1.82, 2.24) is 10.6 Å². The van der Waals surface area contributed by atoms with Gasteiger partial charge in [-0.15, -0.1) is 0 Å². The van der Waals surface area contributed by atoms with E-state index in [0.717, 1.165) is 38.9 Å². The van der Waals surface area contributed by atoms with Crippen LogP contribution in [0.2, 0.25) is 0 Å². The van der Waals surface area contributed by atoms with Crippen LogP contribution in [-0.2, 0) is 9.53 Å². The van der Waals surface area contributed by atoms with Gasteiger partial charge in [0, 0.05) is 19.5 Å². The number of nitriles is 1. The van der Waals surface area contributed by atoms with Crippen molar-refractivity contribution < 1.29 is 9.53 Å². The molecule has 5 heteroatoms. The third kappa shape index (κ3) is 12.9. The Morgan fingerprint density at radius 3 is 2.39 bits per heavy atom. The van der Waals surface area contributed by atoms with Crippen molar-refractivity contribution in [1.29, 1.82) is 5.26 Å². The molecule has 0 heterocycles. The molecule has 0 fully saturated rings. The summed E-state index contributed by atoms with van der Waals surface area (Å²) >= 11 is 0. The fourth-order valence-electron chi connectivity index (χ4n) is 1.49. The highest BCUT2D eigenvalue weighted by Gasteiger charge is 1.99. The molecule has 5 nitrogen and oxygen atoms in total. The molecule has 0 atom stereocenters. The highest BCUT2D eigenvalue weighted by atomic mass is 16.5.